The summed E-state index contributed by atoms with van der Waals surface area (Å²) in [5.41, 5.74) is -0.389. The predicted octanol–water partition coefficient (Wildman–Crippen LogP) is 3.45. The predicted molar refractivity (Wildman–Crippen MR) is 130 cm³/mol. The zero-order valence-electron chi connectivity index (χ0n) is 19.9. The van der Waals surface area contributed by atoms with E-state index >= 15 is 0 Å². The van der Waals surface area contributed by atoms with Crippen molar-refractivity contribution in [2.45, 2.75) is 29.6 Å². The second-order valence-electron chi connectivity index (χ2n) is 8.76. The summed E-state index contributed by atoms with van der Waals surface area (Å²) in [7, 11) is -0.526. The summed E-state index contributed by atoms with van der Waals surface area (Å²) >= 11 is 0. The third-order valence-electron chi connectivity index (χ3n) is 6.04. The van der Waals surface area contributed by atoms with Gasteiger partial charge in [0.25, 0.3) is 10.0 Å². The number of hydrogen-bond acceptors (Lipinski definition) is 8. The Hall–Kier alpha value is -3.52. The van der Waals surface area contributed by atoms with Crippen LogP contribution in [0.3, 0.4) is 0 Å². The van der Waals surface area contributed by atoms with Crippen molar-refractivity contribution in [1.29, 1.82) is 0 Å². The number of aromatic nitrogens is 3. The number of halogens is 4. The van der Waals surface area contributed by atoms with Gasteiger partial charge in [0.15, 0.2) is 0 Å². The fraction of sp³-hybridized carbons (Fsp3) is 0.348. The van der Waals surface area contributed by atoms with Gasteiger partial charge in [-0.1, -0.05) is 0 Å². The molecule has 0 spiro atoms. The number of likely N-dealkylation sites (N-methyl/N-ethyl adjacent to an activating group) is 1. The molecule has 4 rings (SSSR count). The van der Waals surface area contributed by atoms with Crippen molar-refractivity contribution in [3.63, 3.8) is 0 Å². The molecule has 0 aliphatic carbocycles. The van der Waals surface area contributed by atoms with Crippen LogP contribution >= 0.6 is 0 Å². The number of piperidine rings is 1. The van der Waals surface area contributed by atoms with Crippen LogP contribution < -0.4 is 14.9 Å². The van der Waals surface area contributed by atoms with Crippen molar-refractivity contribution >= 4 is 27.3 Å². The van der Waals surface area contributed by atoms with Crippen LogP contribution in [0.2, 0.25) is 0 Å². The highest BCUT2D eigenvalue weighted by molar-refractivity contribution is 7.92. The maximum Gasteiger partial charge on any atom is 0.416 e. The lowest BCUT2D eigenvalue weighted by molar-refractivity contribution is -0.137. The van der Waals surface area contributed by atoms with Crippen molar-refractivity contribution in [2.24, 2.45) is 0 Å². The zero-order chi connectivity index (χ0) is 26.8. The van der Waals surface area contributed by atoms with Crippen molar-refractivity contribution in [3.8, 4) is 0 Å². The third kappa shape index (κ3) is 6.25. The van der Waals surface area contributed by atoms with Gasteiger partial charge in [-0.05, 0) is 56.9 Å². The monoisotopic (exact) mass is 539 g/mol. The van der Waals surface area contributed by atoms with E-state index in [0.29, 0.717) is 25.2 Å². The lowest BCUT2D eigenvalue weighted by Crippen LogP contribution is -2.56. The van der Waals surface area contributed by atoms with Gasteiger partial charge >= 0.3 is 6.18 Å². The topological polar surface area (TPSA) is 103 Å². The van der Waals surface area contributed by atoms with Crippen LogP contribution in [-0.2, 0) is 16.2 Å². The summed E-state index contributed by atoms with van der Waals surface area (Å²) in [4.78, 5) is 14.8. The Bertz CT molecular complexity index is 1340. The van der Waals surface area contributed by atoms with E-state index < -0.39 is 32.5 Å². The number of rotatable bonds is 7. The first kappa shape index (κ1) is 26.5. The molecule has 0 bridgehead atoms. The van der Waals surface area contributed by atoms with E-state index in [9.17, 15) is 26.0 Å². The minimum absolute atomic E-state index is 0.00689. The van der Waals surface area contributed by atoms with Crippen molar-refractivity contribution in [3.05, 3.63) is 66.5 Å². The third-order valence-corrected chi connectivity index (χ3v) is 7.42. The second-order valence-corrected chi connectivity index (χ2v) is 10.4. The number of pyridine rings is 1. The lowest BCUT2D eigenvalue weighted by atomic mass is 9.97. The number of anilines is 3. The summed E-state index contributed by atoms with van der Waals surface area (Å²) in [5.74, 6) is -0.706. The summed E-state index contributed by atoms with van der Waals surface area (Å²) in [6.45, 7) is 0.810. The van der Waals surface area contributed by atoms with Gasteiger partial charge in [-0.3, -0.25) is 4.72 Å². The van der Waals surface area contributed by atoms with Gasteiger partial charge in [-0.15, -0.1) is 0 Å². The second kappa shape index (κ2) is 10.5. The van der Waals surface area contributed by atoms with E-state index in [4.69, 9.17) is 0 Å². The number of hydrogen-bond donors (Lipinski definition) is 2. The molecule has 3 aromatic rings. The summed E-state index contributed by atoms with van der Waals surface area (Å²) in [6.07, 6.45) is -0.282. The Labute approximate surface area is 211 Å². The molecule has 0 saturated carbocycles. The van der Waals surface area contributed by atoms with Gasteiger partial charge in [-0.25, -0.2) is 27.8 Å². The molecule has 9 nitrogen and oxygen atoms in total. The van der Waals surface area contributed by atoms with Crippen LogP contribution in [0.25, 0.3) is 0 Å². The molecule has 1 aromatic carbocycles. The Kier molecular flexibility index (Phi) is 7.50. The fourth-order valence-corrected chi connectivity index (χ4v) is 5.23. The van der Waals surface area contributed by atoms with Crippen LogP contribution in [0, 0.1) is 5.82 Å². The van der Waals surface area contributed by atoms with Crippen LogP contribution in [-0.4, -0.2) is 67.5 Å². The summed E-state index contributed by atoms with van der Waals surface area (Å²) in [5, 5.41) is 3.24. The first-order valence-corrected chi connectivity index (χ1v) is 12.7. The van der Waals surface area contributed by atoms with Gasteiger partial charge in [0, 0.05) is 43.3 Å². The van der Waals surface area contributed by atoms with Crippen molar-refractivity contribution < 1.29 is 26.0 Å². The lowest BCUT2D eigenvalue weighted by Gasteiger charge is -2.43. The molecular formula is C23H25F4N7O2S. The average molecular weight is 540 g/mol. The molecule has 2 atom stereocenters. The minimum Gasteiger partial charge on any atom is -0.381 e. The van der Waals surface area contributed by atoms with Crippen molar-refractivity contribution in [2.75, 3.05) is 42.1 Å². The highest BCUT2D eigenvalue weighted by Crippen LogP contribution is 2.32. The standard InChI is InChI=1S/C23H25F4N7O2S/c1-33(2)19-13-34(22-11-15(5-9-29-22)23(25,26)27)10-7-18(19)31-16-3-4-20(17(24)12-16)37(35,36)32-21-6-8-28-14-30-21/h3-6,8-9,11-12,14,18-19,31H,7,10,13H2,1-2H3,(H,28,30,32)/t18-,19-/m0/s1. The summed E-state index contributed by atoms with van der Waals surface area (Å²) < 4.78 is 81.7. The Morgan fingerprint density at radius 2 is 1.86 bits per heavy atom. The van der Waals surface area contributed by atoms with E-state index in [1.807, 2.05) is 19.0 Å². The number of sulfonamides is 1. The van der Waals surface area contributed by atoms with E-state index in [2.05, 4.69) is 25.0 Å². The maximum atomic E-state index is 14.9. The van der Waals surface area contributed by atoms with E-state index in [1.165, 1.54) is 18.3 Å². The molecule has 198 valence electrons. The molecule has 2 N–H and O–H groups in total. The molecule has 0 amide bonds. The quantitative estimate of drug-likeness (QED) is 0.440. The Morgan fingerprint density at radius 1 is 1.08 bits per heavy atom. The molecule has 3 heterocycles. The fourth-order valence-electron chi connectivity index (χ4n) is 4.17. The first-order chi connectivity index (χ1) is 17.4. The molecule has 1 aliphatic rings. The number of alkyl halides is 3. The normalized spacial score (nSPS) is 18.6. The minimum atomic E-state index is -4.47. The molecule has 0 radical (unpaired) electrons. The van der Waals surface area contributed by atoms with Gasteiger partial charge < -0.3 is 15.1 Å². The smallest absolute Gasteiger partial charge is 0.381 e. The molecule has 0 unspecified atom stereocenters. The van der Waals surface area contributed by atoms with Crippen molar-refractivity contribution in [1.82, 2.24) is 19.9 Å². The van der Waals surface area contributed by atoms with E-state index in [-0.39, 0.29) is 23.7 Å². The summed E-state index contributed by atoms with van der Waals surface area (Å²) in [6, 6.07) is 6.69. The largest absolute Gasteiger partial charge is 0.416 e. The Balaban J connectivity index is 1.48. The van der Waals surface area contributed by atoms with Crippen LogP contribution in [0.4, 0.5) is 34.9 Å². The van der Waals surface area contributed by atoms with Gasteiger partial charge in [0.2, 0.25) is 0 Å². The number of nitrogens with one attached hydrogen (secondary N) is 2. The van der Waals surface area contributed by atoms with Crippen LogP contribution in [0.15, 0.2) is 60.0 Å². The number of benzene rings is 1. The highest BCUT2D eigenvalue weighted by Gasteiger charge is 2.34. The molecule has 1 saturated heterocycles. The Morgan fingerprint density at radius 3 is 2.51 bits per heavy atom. The molecule has 1 aliphatic heterocycles. The molecule has 2 aromatic heterocycles. The first-order valence-electron chi connectivity index (χ1n) is 11.2. The maximum absolute atomic E-state index is 14.9. The molecule has 1 fully saturated rings. The van der Waals surface area contributed by atoms with Gasteiger partial charge in [0.05, 0.1) is 5.56 Å². The van der Waals surface area contributed by atoms with E-state index in [0.717, 1.165) is 36.8 Å². The van der Waals surface area contributed by atoms with Crippen LogP contribution in [0.5, 0.6) is 0 Å². The molecule has 37 heavy (non-hydrogen) atoms. The highest BCUT2D eigenvalue weighted by atomic mass is 32.2. The zero-order valence-corrected chi connectivity index (χ0v) is 20.8. The molecular weight excluding hydrogens is 514 g/mol. The number of nitrogens with zero attached hydrogens (tertiary/aromatic N) is 5. The van der Waals surface area contributed by atoms with E-state index in [1.54, 1.807) is 4.90 Å². The van der Waals surface area contributed by atoms with Gasteiger partial charge in [-0.2, -0.15) is 13.2 Å². The SMILES string of the molecule is CN(C)[C@H]1CN(c2cc(C(F)(F)F)ccn2)CC[C@@H]1Nc1ccc(S(=O)(=O)Nc2ccncn2)c(F)c1. The average Bonchev–Trinajstić information content (AvgIpc) is 2.84. The molecule has 14 heteroatoms. The van der Waals surface area contributed by atoms with Crippen LogP contribution in [0.1, 0.15) is 12.0 Å². The van der Waals surface area contributed by atoms with Gasteiger partial charge in [0.1, 0.15) is 28.7 Å².